The minimum atomic E-state index is -0.351. The first-order valence-corrected chi connectivity index (χ1v) is 9.46. The van der Waals surface area contributed by atoms with Crippen molar-refractivity contribution in [1.82, 2.24) is 5.32 Å². The van der Waals surface area contributed by atoms with E-state index in [2.05, 4.69) is 21.2 Å². The van der Waals surface area contributed by atoms with E-state index in [1.165, 1.54) is 12.1 Å². The molecule has 0 saturated carbocycles. The summed E-state index contributed by atoms with van der Waals surface area (Å²) in [7, 11) is 0. The average molecular weight is 429 g/mol. The van der Waals surface area contributed by atoms with Gasteiger partial charge in [-0.25, -0.2) is 4.39 Å². The Hall–Kier alpha value is -1.14. The lowest BCUT2D eigenvalue weighted by molar-refractivity contribution is 0.110. The Kier molecular flexibility index (Phi) is 6.70. The number of nitrogens with one attached hydrogen (secondary N) is 1. The second-order valence-corrected chi connectivity index (χ2v) is 7.37. The minimum absolute atomic E-state index is 0.291. The van der Waals surface area contributed by atoms with Crippen LogP contribution in [-0.4, -0.2) is 19.3 Å². The Bertz CT molecular complexity index is 723. The fourth-order valence-electron chi connectivity index (χ4n) is 2.79. The smallest absolute Gasteiger partial charge is 0.124 e. The third-order valence-electron chi connectivity index (χ3n) is 4.13. The molecule has 0 unspecified atom stereocenters. The van der Waals surface area contributed by atoms with E-state index >= 15 is 0 Å². The highest BCUT2D eigenvalue weighted by Crippen LogP contribution is 2.26. The molecule has 0 radical (unpaired) electrons. The van der Waals surface area contributed by atoms with Crippen LogP contribution in [0.2, 0.25) is 5.02 Å². The summed E-state index contributed by atoms with van der Waals surface area (Å²) in [6.07, 6.45) is 2.54. The average Bonchev–Trinajstić information content (AvgIpc) is 3.09. The van der Waals surface area contributed by atoms with E-state index in [1.807, 2.05) is 18.2 Å². The van der Waals surface area contributed by atoms with Gasteiger partial charge in [0, 0.05) is 35.3 Å². The molecule has 1 saturated heterocycles. The van der Waals surface area contributed by atoms with E-state index < -0.39 is 0 Å². The molecule has 0 bridgehead atoms. The Morgan fingerprint density at radius 1 is 1.24 bits per heavy atom. The predicted octanol–water partition coefficient (Wildman–Crippen LogP) is 5.09. The topological polar surface area (TPSA) is 30.5 Å². The Morgan fingerprint density at radius 3 is 2.88 bits per heavy atom. The molecule has 2 aromatic rings. The van der Waals surface area contributed by atoms with Crippen LogP contribution in [0.25, 0.3) is 0 Å². The number of hydrogen-bond donors (Lipinski definition) is 1. The highest BCUT2D eigenvalue weighted by Gasteiger charge is 2.15. The largest absolute Gasteiger partial charge is 0.489 e. The normalized spacial score (nSPS) is 17.0. The number of halogens is 3. The Balaban J connectivity index is 1.61. The molecule has 1 heterocycles. The first-order valence-electron chi connectivity index (χ1n) is 8.29. The van der Waals surface area contributed by atoms with Crippen molar-refractivity contribution in [2.45, 2.75) is 32.1 Å². The molecule has 0 aliphatic carbocycles. The molecule has 0 amide bonds. The summed E-state index contributed by atoms with van der Waals surface area (Å²) in [6.45, 7) is 2.66. The van der Waals surface area contributed by atoms with Gasteiger partial charge in [-0.15, -0.1) is 0 Å². The van der Waals surface area contributed by atoms with Crippen LogP contribution in [0.4, 0.5) is 4.39 Å². The van der Waals surface area contributed by atoms with Crippen LogP contribution < -0.4 is 10.1 Å². The standard InChI is InChI=1S/C19H20BrClFNO2/c20-15-4-6-19(25-12-13-3-5-16(22)9-18(13)21)14(8-15)10-23-11-17-2-1-7-24-17/h3-6,8-9,17,23H,1-2,7,10-12H2/t17-/m0/s1. The van der Waals surface area contributed by atoms with E-state index in [0.29, 0.717) is 24.3 Å². The number of benzene rings is 2. The van der Waals surface area contributed by atoms with Crippen molar-refractivity contribution in [2.24, 2.45) is 0 Å². The van der Waals surface area contributed by atoms with Crippen molar-refractivity contribution in [2.75, 3.05) is 13.2 Å². The fraction of sp³-hybridized carbons (Fsp3) is 0.368. The molecular formula is C19H20BrClFNO2. The Morgan fingerprint density at radius 2 is 2.12 bits per heavy atom. The van der Waals surface area contributed by atoms with Gasteiger partial charge in [-0.3, -0.25) is 0 Å². The molecule has 6 heteroatoms. The SMILES string of the molecule is Fc1ccc(COc2ccc(Br)cc2CNC[C@@H]2CCCO2)c(Cl)c1. The quantitative estimate of drug-likeness (QED) is 0.666. The first-order chi connectivity index (χ1) is 12.1. The molecular weight excluding hydrogens is 409 g/mol. The maximum Gasteiger partial charge on any atom is 0.124 e. The maximum absolute atomic E-state index is 13.1. The van der Waals surface area contributed by atoms with Gasteiger partial charge in [0.25, 0.3) is 0 Å². The maximum atomic E-state index is 13.1. The van der Waals surface area contributed by atoms with E-state index in [4.69, 9.17) is 21.1 Å². The van der Waals surface area contributed by atoms with Crippen molar-refractivity contribution in [3.63, 3.8) is 0 Å². The second-order valence-electron chi connectivity index (χ2n) is 6.04. The summed E-state index contributed by atoms with van der Waals surface area (Å²) in [6, 6.07) is 10.2. The fourth-order valence-corrected chi connectivity index (χ4v) is 3.42. The van der Waals surface area contributed by atoms with Crippen molar-refractivity contribution in [3.05, 3.63) is 62.8 Å². The van der Waals surface area contributed by atoms with E-state index in [9.17, 15) is 4.39 Å². The van der Waals surface area contributed by atoms with Crippen LogP contribution in [-0.2, 0) is 17.9 Å². The second kappa shape index (κ2) is 8.99. The third kappa shape index (κ3) is 5.42. The first kappa shape index (κ1) is 18.6. The molecule has 2 aromatic carbocycles. The van der Waals surface area contributed by atoms with Crippen LogP contribution in [0.3, 0.4) is 0 Å². The lowest BCUT2D eigenvalue weighted by Gasteiger charge is -2.15. The third-order valence-corrected chi connectivity index (χ3v) is 4.98. The van der Waals surface area contributed by atoms with Gasteiger partial charge >= 0.3 is 0 Å². The van der Waals surface area contributed by atoms with Gasteiger partial charge in [0.15, 0.2) is 0 Å². The molecule has 3 nitrogen and oxygen atoms in total. The number of hydrogen-bond acceptors (Lipinski definition) is 3. The molecule has 25 heavy (non-hydrogen) atoms. The van der Waals surface area contributed by atoms with Crippen LogP contribution in [0.15, 0.2) is 40.9 Å². The van der Waals surface area contributed by atoms with Crippen LogP contribution in [0.5, 0.6) is 5.75 Å². The van der Waals surface area contributed by atoms with Gasteiger partial charge in [-0.05, 0) is 43.2 Å². The number of rotatable bonds is 7. The molecule has 1 N–H and O–H groups in total. The highest BCUT2D eigenvalue weighted by atomic mass is 79.9. The van der Waals surface area contributed by atoms with E-state index in [-0.39, 0.29) is 5.82 Å². The number of ether oxygens (including phenoxy) is 2. The minimum Gasteiger partial charge on any atom is -0.489 e. The molecule has 0 aromatic heterocycles. The summed E-state index contributed by atoms with van der Waals surface area (Å²) < 4.78 is 25.7. The summed E-state index contributed by atoms with van der Waals surface area (Å²) in [5.74, 6) is 0.430. The van der Waals surface area contributed by atoms with Crippen molar-refractivity contribution >= 4 is 27.5 Å². The highest BCUT2D eigenvalue weighted by molar-refractivity contribution is 9.10. The monoisotopic (exact) mass is 427 g/mol. The van der Waals surface area contributed by atoms with Crippen LogP contribution >= 0.6 is 27.5 Å². The molecule has 1 aliphatic rings. The molecule has 1 atom stereocenters. The van der Waals surface area contributed by atoms with Gasteiger partial charge in [0.2, 0.25) is 0 Å². The zero-order valence-corrected chi connectivity index (χ0v) is 16.1. The van der Waals surface area contributed by atoms with Gasteiger partial charge in [-0.1, -0.05) is 33.6 Å². The predicted molar refractivity (Wildman–Crippen MR) is 101 cm³/mol. The van der Waals surface area contributed by atoms with E-state index in [1.54, 1.807) is 6.07 Å². The summed E-state index contributed by atoms with van der Waals surface area (Å²) >= 11 is 9.56. The zero-order valence-electron chi connectivity index (χ0n) is 13.7. The van der Waals surface area contributed by atoms with Crippen molar-refractivity contribution in [3.8, 4) is 5.75 Å². The molecule has 1 fully saturated rings. The van der Waals surface area contributed by atoms with Crippen LogP contribution in [0, 0.1) is 5.82 Å². The molecule has 3 rings (SSSR count). The molecule has 0 spiro atoms. The van der Waals surface area contributed by atoms with Crippen LogP contribution in [0.1, 0.15) is 24.0 Å². The van der Waals surface area contributed by atoms with E-state index in [0.717, 1.165) is 47.3 Å². The lowest BCUT2D eigenvalue weighted by atomic mass is 10.2. The van der Waals surface area contributed by atoms with Gasteiger partial charge < -0.3 is 14.8 Å². The van der Waals surface area contributed by atoms with Crippen molar-refractivity contribution < 1.29 is 13.9 Å². The molecule has 1 aliphatic heterocycles. The molecule has 134 valence electrons. The van der Waals surface area contributed by atoms with Gasteiger partial charge in [0.1, 0.15) is 18.2 Å². The summed E-state index contributed by atoms with van der Waals surface area (Å²) in [4.78, 5) is 0. The van der Waals surface area contributed by atoms with Gasteiger partial charge in [0.05, 0.1) is 11.1 Å². The van der Waals surface area contributed by atoms with Gasteiger partial charge in [-0.2, -0.15) is 0 Å². The zero-order chi connectivity index (χ0) is 17.6. The van der Waals surface area contributed by atoms with Crippen molar-refractivity contribution in [1.29, 1.82) is 0 Å². The lowest BCUT2D eigenvalue weighted by Crippen LogP contribution is -2.26. The summed E-state index contributed by atoms with van der Waals surface area (Å²) in [5, 5.41) is 3.80. The summed E-state index contributed by atoms with van der Waals surface area (Å²) in [5.41, 5.74) is 1.80. The Labute approximate surface area is 160 Å².